The van der Waals surface area contributed by atoms with Gasteiger partial charge >= 0.3 is 5.69 Å². The van der Waals surface area contributed by atoms with E-state index in [0.29, 0.717) is 12.4 Å². The highest BCUT2D eigenvalue weighted by Gasteiger charge is 2.35. The van der Waals surface area contributed by atoms with Gasteiger partial charge < -0.3 is 9.84 Å². The average molecular weight is 412 g/mol. The standard InChI is InChI=1S/C21H24N4O5/c1-4-11-24-20(28)18(19(27)22-21(24)29)15-12-16(25(23-15)17(26)5-2)13-7-9-14(10-8-13)30-6-3/h4,7-10,16,28H,1,5-6,11-12H2,2-3H3,(H,22,27,29)/t16-/m1/s1. The predicted molar refractivity (Wildman–Crippen MR) is 112 cm³/mol. The van der Waals surface area contributed by atoms with E-state index >= 15 is 0 Å². The molecule has 0 fully saturated rings. The van der Waals surface area contributed by atoms with Gasteiger partial charge in [-0.25, -0.2) is 9.80 Å². The van der Waals surface area contributed by atoms with Crippen molar-refractivity contribution in [2.24, 2.45) is 5.10 Å². The van der Waals surface area contributed by atoms with Crippen LogP contribution in [0.1, 0.15) is 43.9 Å². The summed E-state index contributed by atoms with van der Waals surface area (Å²) in [6, 6.07) is 6.85. The van der Waals surface area contributed by atoms with E-state index in [2.05, 4.69) is 16.7 Å². The molecular formula is C21H24N4O5. The van der Waals surface area contributed by atoms with Gasteiger partial charge in [0.2, 0.25) is 11.8 Å². The normalized spacial score (nSPS) is 15.7. The van der Waals surface area contributed by atoms with Crippen LogP contribution in [0.25, 0.3) is 0 Å². The summed E-state index contributed by atoms with van der Waals surface area (Å²) in [7, 11) is 0. The largest absolute Gasteiger partial charge is 0.494 e. The van der Waals surface area contributed by atoms with E-state index in [4.69, 9.17) is 4.74 Å². The lowest BCUT2D eigenvalue weighted by molar-refractivity contribution is -0.132. The molecule has 0 spiro atoms. The Balaban J connectivity index is 2.04. The van der Waals surface area contributed by atoms with Crippen molar-refractivity contribution in [3.8, 4) is 11.6 Å². The number of nitrogens with zero attached hydrogens (tertiary/aromatic N) is 3. The summed E-state index contributed by atoms with van der Waals surface area (Å²) >= 11 is 0. The minimum atomic E-state index is -0.757. The molecule has 1 aliphatic heterocycles. The maximum absolute atomic E-state index is 12.5. The van der Waals surface area contributed by atoms with Crippen LogP contribution < -0.4 is 16.0 Å². The van der Waals surface area contributed by atoms with Gasteiger partial charge in [0, 0.05) is 19.4 Å². The van der Waals surface area contributed by atoms with Crippen LogP contribution >= 0.6 is 0 Å². The van der Waals surface area contributed by atoms with E-state index in [0.717, 1.165) is 10.1 Å². The van der Waals surface area contributed by atoms with Gasteiger partial charge in [-0.05, 0) is 24.6 Å². The van der Waals surface area contributed by atoms with Crippen LogP contribution in [0.5, 0.6) is 11.6 Å². The zero-order valence-corrected chi connectivity index (χ0v) is 16.9. The molecule has 1 atom stereocenters. The Kier molecular flexibility index (Phi) is 6.20. The van der Waals surface area contributed by atoms with Gasteiger partial charge in [0.25, 0.3) is 5.56 Å². The molecule has 2 N–H and O–H groups in total. The van der Waals surface area contributed by atoms with Crippen LogP contribution in [0, 0.1) is 0 Å². The maximum atomic E-state index is 12.5. The first-order valence-electron chi connectivity index (χ1n) is 9.70. The number of hydrogen-bond acceptors (Lipinski definition) is 6. The van der Waals surface area contributed by atoms with Gasteiger partial charge in [-0.15, -0.1) is 6.58 Å². The Hall–Kier alpha value is -3.62. The number of aromatic nitrogens is 2. The molecule has 0 aliphatic carbocycles. The molecule has 1 aromatic heterocycles. The van der Waals surface area contributed by atoms with Crippen molar-refractivity contribution in [2.45, 2.75) is 39.3 Å². The number of H-pyrrole nitrogens is 1. The van der Waals surface area contributed by atoms with Crippen molar-refractivity contribution < 1.29 is 14.6 Å². The number of carbonyl (C=O) groups excluding carboxylic acids is 1. The van der Waals surface area contributed by atoms with E-state index in [9.17, 15) is 19.5 Å². The second-order valence-electron chi connectivity index (χ2n) is 6.72. The van der Waals surface area contributed by atoms with E-state index in [1.807, 2.05) is 19.1 Å². The fourth-order valence-corrected chi connectivity index (χ4v) is 3.38. The number of hydrazone groups is 1. The van der Waals surface area contributed by atoms with Gasteiger partial charge in [-0.2, -0.15) is 5.10 Å². The molecule has 9 heteroatoms. The van der Waals surface area contributed by atoms with E-state index < -0.39 is 23.2 Å². The van der Waals surface area contributed by atoms with Crippen LogP contribution in [0.3, 0.4) is 0 Å². The summed E-state index contributed by atoms with van der Waals surface area (Å²) in [6.07, 6.45) is 1.86. The fraction of sp³-hybridized carbons (Fsp3) is 0.333. The van der Waals surface area contributed by atoms with E-state index in [1.165, 1.54) is 11.1 Å². The number of hydrogen-bond donors (Lipinski definition) is 2. The Morgan fingerprint density at radius 3 is 2.63 bits per heavy atom. The molecule has 158 valence electrons. The number of allylic oxidation sites excluding steroid dienone is 1. The first-order valence-corrected chi connectivity index (χ1v) is 9.70. The molecule has 1 aromatic carbocycles. The van der Waals surface area contributed by atoms with Crippen LogP contribution in [0.2, 0.25) is 0 Å². The highest BCUT2D eigenvalue weighted by Crippen LogP contribution is 2.34. The number of nitrogens with one attached hydrogen (secondary N) is 1. The zero-order valence-electron chi connectivity index (χ0n) is 16.9. The molecule has 0 radical (unpaired) electrons. The number of benzene rings is 1. The maximum Gasteiger partial charge on any atom is 0.331 e. The highest BCUT2D eigenvalue weighted by atomic mass is 16.5. The van der Waals surface area contributed by atoms with Gasteiger partial charge in [-0.1, -0.05) is 25.1 Å². The van der Waals surface area contributed by atoms with Crippen molar-refractivity contribution >= 4 is 11.6 Å². The lowest BCUT2D eigenvalue weighted by atomic mass is 9.99. The third-order valence-electron chi connectivity index (χ3n) is 4.82. The summed E-state index contributed by atoms with van der Waals surface area (Å²) in [5.74, 6) is -0.0165. The number of aromatic hydroxyl groups is 1. The van der Waals surface area contributed by atoms with Gasteiger partial charge in [-0.3, -0.25) is 19.1 Å². The van der Waals surface area contributed by atoms with Crippen LogP contribution in [-0.4, -0.2) is 37.9 Å². The molecule has 30 heavy (non-hydrogen) atoms. The summed E-state index contributed by atoms with van der Waals surface area (Å²) in [4.78, 5) is 39.1. The third-order valence-corrected chi connectivity index (χ3v) is 4.82. The van der Waals surface area contributed by atoms with Gasteiger partial charge in [0.1, 0.15) is 11.3 Å². The first-order chi connectivity index (χ1) is 14.4. The molecular weight excluding hydrogens is 388 g/mol. The van der Waals surface area contributed by atoms with Crippen LogP contribution in [0.15, 0.2) is 51.6 Å². The van der Waals surface area contributed by atoms with Crippen molar-refractivity contribution in [2.75, 3.05) is 6.61 Å². The number of ether oxygens (including phenoxy) is 1. The molecule has 1 amide bonds. The smallest absolute Gasteiger partial charge is 0.331 e. The first kappa shape index (κ1) is 21.1. The molecule has 9 nitrogen and oxygen atoms in total. The third kappa shape index (κ3) is 3.91. The molecule has 2 heterocycles. The van der Waals surface area contributed by atoms with Crippen molar-refractivity contribution in [3.63, 3.8) is 0 Å². The summed E-state index contributed by atoms with van der Waals surface area (Å²) < 4.78 is 6.45. The highest BCUT2D eigenvalue weighted by molar-refractivity contribution is 6.04. The van der Waals surface area contributed by atoms with Crippen molar-refractivity contribution in [1.82, 2.24) is 14.6 Å². The number of carbonyl (C=O) groups is 1. The zero-order chi connectivity index (χ0) is 21.8. The number of aromatic amines is 1. The molecule has 1 aliphatic rings. The molecule has 2 aromatic rings. The quantitative estimate of drug-likeness (QED) is 0.674. The van der Waals surface area contributed by atoms with Crippen molar-refractivity contribution in [1.29, 1.82) is 0 Å². The minimum Gasteiger partial charge on any atom is -0.494 e. The lowest BCUT2D eigenvalue weighted by Crippen LogP contribution is -2.33. The van der Waals surface area contributed by atoms with E-state index in [1.54, 1.807) is 19.1 Å². The summed E-state index contributed by atoms with van der Waals surface area (Å²) in [5.41, 5.74) is -0.586. The topological polar surface area (TPSA) is 117 Å². The molecule has 0 saturated carbocycles. The Morgan fingerprint density at radius 2 is 2.03 bits per heavy atom. The molecule has 0 unspecified atom stereocenters. The van der Waals surface area contributed by atoms with Gasteiger partial charge in [0.05, 0.1) is 18.4 Å². The minimum absolute atomic E-state index is 0.0155. The fourth-order valence-electron chi connectivity index (χ4n) is 3.38. The molecule has 3 rings (SSSR count). The summed E-state index contributed by atoms with van der Waals surface area (Å²) in [6.45, 7) is 7.72. The SMILES string of the molecule is C=CCn1c(O)c(C2=NN(C(=O)CC)[C@@H](c3ccc(OCC)cc3)C2)c(=O)[nH]c1=O. The van der Waals surface area contributed by atoms with Crippen LogP contribution in [0.4, 0.5) is 0 Å². The average Bonchev–Trinajstić information content (AvgIpc) is 3.16. The molecule has 0 bridgehead atoms. The second kappa shape index (κ2) is 8.81. The number of amides is 1. The Bertz CT molecular complexity index is 1100. The number of rotatable bonds is 7. The predicted octanol–water partition coefficient (Wildman–Crippen LogP) is 1.91. The van der Waals surface area contributed by atoms with Crippen LogP contribution in [-0.2, 0) is 11.3 Å². The van der Waals surface area contributed by atoms with Gasteiger partial charge in [0.15, 0.2) is 0 Å². The lowest BCUT2D eigenvalue weighted by Gasteiger charge is -2.21. The summed E-state index contributed by atoms with van der Waals surface area (Å²) in [5, 5.41) is 16.2. The van der Waals surface area contributed by atoms with E-state index in [-0.39, 0.29) is 36.6 Å². The Morgan fingerprint density at radius 1 is 1.33 bits per heavy atom. The Labute approximate surface area is 172 Å². The molecule has 0 saturated heterocycles. The second-order valence-corrected chi connectivity index (χ2v) is 6.72. The van der Waals surface area contributed by atoms with Crippen molar-refractivity contribution in [3.05, 3.63) is 68.9 Å². The monoisotopic (exact) mass is 412 g/mol.